The van der Waals surface area contributed by atoms with Crippen LogP contribution in [0.25, 0.3) is 0 Å². The van der Waals surface area contributed by atoms with Gasteiger partial charge in [0.15, 0.2) is 17.1 Å². The first kappa shape index (κ1) is 23.6. The Hall–Kier alpha value is -3.01. The largest absolute Gasteiger partial charge is 0.483 e. The molecule has 0 bridgehead atoms. The van der Waals surface area contributed by atoms with Crippen LogP contribution < -0.4 is 10.1 Å². The number of carbonyl (C=O) groups excluding carboxylic acids is 1. The molecule has 0 spiro atoms. The fraction of sp³-hybridized carbons (Fsp3) is 0.318. The van der Waals surface area contributed by atoms with Gasteiger partial charge in [-0.3, -0.25) is 4.79 Å². The van der Waals surface area contributed by atoms with Crippen molar-refractivity contribution in [3.8, 4) is 5.75 Å². The van der Waals surface area contributed by atoms with E-state index in [4.69, 9.17) is 4.74 Å². The Morgan fingerprint density at radius 2 is 1.94 bits per heavy atom. The Morgan fingerprint density at radius 1 is 1.19 bits per heavy atom. The van der Waals surface area contributed by atoms with Gasteiger partial charge in [0.1, 0.15) is 5.75 Å². The molecule has 3 rings (SSSR count). The Balaban J connectivity index is 1.66. The number of para-hydroxylation sites is 1. The second-order valence-corrected chi connectivity index (χ2v) is 7.98. The predicted molar refractivity (Wildman–Crippen MR) is 117 cm³/mol. The van der Waals surface area contributed by atoms with Gasteiger partial charge in [0.25, 0.3) is 0 Å². The van der Waals surface area contributed by atoms with E-state index in [1.54, 1.807) is 0 Å². The smallest absolute Gasteiger partial charge is 0.418 e. The lowest BCUT2D eigenvalue weighted by atomic mass is 10.1. The van der Waals surface area contributed by atoms with Crippen LogP contribution in [0.5, 0.6) is 5.75 Å². The van der Waals surface area contributed by atoms with Gasteiger partial charge in [-0.1, -0.05) is 36.0 Å². The molecule has 1 aromatic heterocycles. The molecule has 1 unspecified atom stereocenters. The summed E-state index contributed by atoms with van der Waals surface area (Å²) in [5.74, 6) is 0.625. The molecular formula is C22H23F3N4O2S. The van der Waals surface area contributed by atoms with Gasteiger partial charge in [0.05, 0.1) is 17.0 Å². The lowest BCUT2D eigenvalue weighted by molar-refractivity contribution is -0.137. The minimum absolute atomic E-state index is 0.114. The van der Waals surface area contributed by atoms with Crippen molar-refractivity contribution in [1.82, 2.24) is 14.8 Å². The molecule has 10 heteroatoms. The quantitative estimate of drug-likeness (QED) is 0.446. The van der Waals surface area contributed by atoms with Crippen LogP contribution in [0.4, 0.5) is 18.9 Å². The zero-order chi connectivity index (χ0) is 23.3. The number of rotatable bonds is 8. The number of nitrogens with zero attached hydrogens (tertiary/aromatic N) is 3. The lowest BCUT2D eigenvalue weighted by Gasteiger charge is -2.16. The zero-order valence-electron chi connectivity index (χ0n) is 17.8. The van der Waals surface area contributed by atoms with Gasteiger partial charge >= 0.3 is 6.18 Å². The Kier molecular flexibility index (Phi) is 7.44. The Morgan fingerprint density at radius 3 is 2.62 bits per heavy atom. The van der Waals surface area contributed by atoms with Crippen LogP contribution in [0.15, 0.2) is 53.7 Å². The van der Waals surface area contributed by atoms with E-state index < -0.39 is 17.6 Å². The van der Waals surface area contributed by atoms with Crippen molar-refractivity contribution in [1.29, 1.82) is 0 Å². The maximum Gasteiger partial charge on any atom is 0.418 e. The number of hydrogen-bond donors (Lipinski definition) is 1. The summed E-state index contributed by atoms with van der Waals surface area (Å²) in [5.41, 5.74) is -0.0936. The van der Waals surface area contributed by atoms with Crippen LogP contribution >= 0.6 is 11.8 Å². The number of aryl methyl sites for hydroxylation is 1. The SMILES string of the molecule is CCn1c(SCC(=O)Nc2ccccc2C(F)(F)F)nnc1C(C)Oc1cccc(C)c1. The molecule has 0 fully saturated rings. The first-order valence-electron chi connectivity index (χ1n) is 9.94. The molecule has 2 aromatic carbocycles. The number of amides is 1. The fourth-order valence-electron chi connectivity index (χ4n) is 3.11. The van der Waals surface area contributed by atoms with E-state index in [1.807, 2.05) is 49.6 Å². The van der Waals surface area contributed by atoms with E-state index in [2.05, 4.69) is 15.5 Å². The number of anilines is 1. The highest BCUT2D eigenvalue weighted by molar-refractivity contribution is 7.99. The molecule has 0 aliphatic carbocycles. The van der Waals surface area contributed by atoms with Crippen LogP contribution in [0.3, 0.4) is 0 Å². The van der Waals surface area contributed by atoms with E-state index in [-0.39, 0.29) is 17.5 Å². The third kappa shape index (κ3) is 5.82. The first-order valence-corrected chi connectivity index (χ1v) is 10.9. The molecule has 32 heavy (non-hydrogen) atoms. The number of nitrogens with one attached hydrogen (secondary N) is 1. The summed E-state index contributed by atoms with van der Waals surface area (Å²) in [6.45, 7) is 6.29. The van der Waals surface area contributed by atoms with Crippen molar-refractivity contribution < 1.29 is 22.7 Å². The van der Waals surface area contributed by atoms with Crippen molar-refractivity contribution in [3.63, 3.8) is 0 Å². The molecule has 0 aliphatic heterocycles. The third-order valence-electron chi connectivity index (χ3n) is 4.57. The molecule has 0 radical (unpaired) electrons. The third-order valence-corrected chi connectivity index (χ3v) is 5.53. The standard InChI is InChI=1S/C22H23F3N4O2S/c1-4-29-20(15(3)31-16-9-7-8-14(2)12-16)27-28-21(29)32-13-19(30)26-18-11-6-5-10-17(18)22(23,24)25/h5-12,15H,4,13H2,1-3H3,(H,26,30). The highest BCUT2D eigenvalue weighted by Gasteiger charge is 2.33. The summed E-state index contributed by atoms with van der Waals surface area (Å²) in [6.07, 6.45) is -4.94. The number of hydrogen-bond acceptors (Lipinski definition) is 5. The van der Waals surface area contributed by atoms with Crippen molar-refractivity contribution in [2.45, 2.75) is 44.8 Å². The van der Waals surface area contributed by atoms with E-state index >= 15 is 0 Å². The molecular weight excluding hydrogens is 441 g/mol. The van der Waals surface area contributed by atoms with E-state index in [0.717, 1.165) is 23.4 Å². The second kappa shape index (κ2) is 10.1. The topological polar surface area (TPSA) is 69.0 Å². The highest BCUT2D eigenvalue weighted by Crippen LogP contribution is 2.34. The van der Waals surface area contributed by atoms with Crippen LogP contribution in [0.2, 0.25) is 0 Å². The fourth-order valence-corrected chi connectivity index (χ4v) is 3.92. The maximum absolute atomic E-state index is 13.1. The van der Waals surface area contributed by atoms with Crippen molar-refractivity contribution in [2.75, 3.05) is 11.1 Å². The number of halogens is 3. The minimum atomic E-state index is -4.55. The molecule has 1 heterocycles. The summed E-state index contributed by atoms with van der Waals surface area (Å²) < 4.78 is 47.1. The molecule has 1 atom stereocenters. The Labute approximate surface area is 188 Å². The van der Waals surface area contributed by atoms with E-state index in [9.17, 15) is 18.0 Å². The molecule has 3 aromatic rings. The number of ether oxygens (including phenoxy) is 1. The van der Waals surface area contributed by atoms with Crippen molar-refractivity contribution >= 4 is 23.4 Å². The molecule has 6 nitrogen and oxygen atoms in total. The average molecular weight is 465 g/mol. The zero-order valence-corrected chi connectivity index (χ0v) is 18.6. The number of aromatic nitrogens is 3. The van der Waals surface area contributed by atoms with Crippen LogP contribution in [-0.4, -0.2) is 26.4 Å². The monoisotopic (exact) mass is 464 g/mol. The van der Waals surface area contributed by atoms with Crippen LogP contribution in [0, 0.1) is 6.92 Å². The van der Waals surface area contributed by atoms with Gasteiger partial charge in [-0.15, -0.1) is 10.2 Å². The maximum atomic E-state index is 13.1. The van der Waals surface area contributed by atoms with Gasteiger partial charge in [0, 0.05) is 6.54 Å². The Bertz CT molecular complexity index is 1090. The highest BCUT2D eigenvalue weighted by atomic mass is 32.2. The predicted octanol–water partition coefficient (Wildman–Crippen LogP) is 5.50. The van der Waals surface area contributed by atoms with Gasteiger partial charge < -0.3 is 14.6 Å². The summed E-state index contributed by atoms with van der Waals surface area (Å²) in [4.78, 5) is 12.3. The number of alkyl halides is 3. The molecule has 0 saturated carbocycles. The molecule has 170 valence electrons. The molecule has 1 amide bonds. The molecule has 0 saturated heterocycles. The molecule has 0 aliphatic rings. The van der Waals surface area contributed by atoms with Crippen molar-refractivity contribution in [3.05, 3.63) is 65.5 Å². The average Bonchev–Trinajstić information content (AvgIpc) is 3.15. The summed E-state index contributed by atoms with van der Waals surface area (Å²) in [6, 6.07) is 12.5. The lowest BCUT2D eigenvalue weighted by Crippen LogP contribution is -2.18. The minimum Gasteiger partial charge on any atom is -0.483 e. The van der Waals surface area contributed by atoms with Crippen LogP contribution in [-0.2, 0) is 17.5 Å². The van der Waals surface area contributed by atoms with Gasteiger partial charge in [-0.2, -0.15) is 13.2 Å². The summed E-state index contributed by atoms with van der Waals surface area (Å²) in [5, 5.41) is 11.2. The van der Waals surface area contributed by atoms with Crippen LogP contribution in [0.1, 0.15) is 36.9 Å². The van der Waals surface area contributed by atoms with Gasteiger partial charge in [-0.05, 0) is 50.6 Å². The number of thioether (sulfide) groups is 1. The van der Waals surface area contributed by atoms with E-state index in [1.165, 1.54) is 18.2 Å². The number of carbonyl (C=O) groups is 1. The second-order valence-electron chi connectivity index (χ2n) is 7.04. The summed E-state index contributed by atoms with van der Waals surface area (Å²) >= 11 is 1.10. The first-order chi connectivity index (χ1) is 15.2. The van der Waals surface area contributed by atoms with E-state index in [0.29, 0.717) is 23.3 Å². The normalized spacial score (nSPS) is 12.4. The van der Waals surface area contributed by atoms with Gasteiger partial charge in [0.2, 0.25) is 5.91 Å². The summed E-state index contributed by atoms with van der Waals surface area (Å²) in [7, 11) is 0. The number of benzene rings is 2. The molecule has 1 N–H and O–H groups in total. The van der Waals surface area contributed by atoms with Crippen molar-refractivity contribution in [2.24, 2.45) is 0 Å². The van der Waals surface area contributed by atoms with Gasteiger partial charge in [-0.25, -0.2) is 0 Å².